The SMILES string of the molecule is C#Cc1cccc(Nc2ncnc3sc4c(c23)CCN(C(=O)C2=CCCN(C)C2)C4)c1. The summed E-state index contributed by atoms with van der Waals surface area (Å²) in [6.45, 7) is 3.07. The van der Waals surface area contributed by atoms with E-state index in [1.165, 1.54) is 10.4 Å². The molecule has 1 amide bonds. The first-order valence-corrected chi connectivity index (χ1v) is 11.2. The van der Waals surface area contributed by atoms with Crippen molar-refractivity contribution in [2.75, 3.05) is 32.0 Å². The van der Waals surface area contributed by atoms with Gasteiger partial charge in [-0.1, -0.05) is 18.1 Å². The molecular weight excluding hydrogens is 406 g/mol. The fourth-order valence-corrected chi connectivity index (χ4v) is 5.47. The molecule has 3 aromatic rings. The van der Waals surface area contributed by atoms with E-state index in [1.807, 2.05) is 29.2 Å². The predicted molar refractivity (Wildman–Crippen MR) is 124 cm³/mol. The highest BCUT2D eigenvalue weighted by molar-refractivity contribution is 7.19. The van der Waals surface area contributed by atoms with E-state index in [2.05, 4.69) is 39.2 Å². The van der Waals surface area contributed by atoms with Crippen molar-refractivity contribution in [2.24, 2.45) is 0 Å². The second kappa shape index (κ2) is 8.14. The summed E-state index contributed by atoms with van der Waals surface area (Å²) < 4.78 is 0. The van der Waals surface area contributed by atoms with Gasteiger partial charge in [-0.2, -0.15) is 0 Å². The topological polar surface area (TPSA) is 61.4 Å². The predicted octanol–water partition coefficient (Wildman–Crippen LogP) is 3.56. The molecule has 0 spiro atoms. The standard InChI is InChI=1S/C24H23N5OS/c1-3-16-6-4-8-18(12-16)27-22-21-19-9-11-29(14-20(19)31-23(21)26-15-25-22)24(30)17-7-5-10-28(2)13-17/h1,4,6-8,12,15H,5,9-11,13-14H2,2H3,(H,25,26,27). The molecule has 0 unspecified atom stereocenters. The zero-order valence-corrected chi connectivity index (χ0v) is 18.2. The highest BCUT2D eigenvalue weighted by Crippen LogP contribution is 2.38. The van der Waals surface area contributed by atoms with Crippen LogP contribution < -0.4 is 5.32 Å². The molecule has 0 atom stereocenters. The third-order valence-corrected chi connectivity index (χ3v) is 6.96. The van der Waals surface area contributed by atoms with E-state index >= 15 is 0 Å². The van der Waals surface area contributed by atoms with E-state index in [4.69, 9.17) is 6.42 Å². The van der Waals surface area contributed by atoms with Crippen molar-refractivity contribution in [3.05, 3.63) is 58.2 Å². The molecule has 2 aliphatic rings. The molecule has 0 fully saturated rings. The van der Waals surface area contributed by atoms with Crippen molar-refractivity contribution >= 4 is 39.0 Å². The number of aromatic nitrogens is 2. The van der Waals surface area contributed by atoms with Crippen molar-refractivity contribution in [3.8, 4) is 12.3 Å². The van der Waals surface area contributed by atoms with Crippen molar-refractivity contribution in [2.45, 2.75) is 19.4 Å². The second-order valence-corrected chi connectivity index (χ2v) is 9.07. The number of anilines is 2. The molecule has 2 aromatic heterocycles. The molecule has 0 saturated carbocycles. The van der Waals surface area contributed by atoms with Crippen molar-refractivity contribution in [1.82, 2.24) is 19.8 Å². The minimum absolute atomic E-state index is 0.158. The van der Waals surface area contributed by atoms with E-state index in [1.54, 1.807) is 17.7 Å². The minimum atomic E-state index is 0.158. The highest BCUT2D eigenvalue weighted by atomic mass is 32.1. The number of terminal acetylenes is 1. The van der Waals surface area contributed by atoms with Gasteiger partial charge in [0.2, 0.25) is 0 Å². The van der Waals surface area contributed by atoms with Crippen LogP contribution in [0.4, 0.5) is 11.5 Å². The lowest BCUT2D eigenvalue weighted by Gasteiger charge is -2.30. The molecule has 31 heavy (non-hydrogen) atoms. The van der Waals surface area contributed by atoms with E-state index < -0.39 is 0 Å². The summed E-state index contributed by atoms with van der Waals surface area (Å²) in [5.41, 5.74) is 3.87. The Bertz CT molecular complexity index is 1240. The Kier molecular flexibility index (Phi) is 5.18. The number of carbonyl (C=O) groups excluding carboxylic acids is 1. The Morgan fingerprint density at radius 2 is 2.16 bits per heavy atom. The minimum Gasteiger partial charge on any atom is -0.340 e. The summed E-state index contributed by atoms with van der Waals surface area (Å²) in [5.74, 6) is 3.61. The van der Waals surface area contributed by atoms with Crippen molar-refractivity contribution in [1.29, 1.82) is 0 Å². The van der Waals surface area contributed by atoms with Crippen LogP contribution in [0.1, 0.15) is 22.4 Å². The largest absolute Gasteiger partial charge is 0.340 e. The number of nitrogens with zero attached hydrogens (tertiary/aromatic N) is 4. The van der Waals surface area contributed by atoms with Crippen LogP contribution >= 0.6 is 11.3 Å². The number of fused-ring (bicyclic) bond motifs is 3. The lowest BCUT2D eigenvalue weighted by molar-refractivity contribution is -0.128. The van der Waals surface area contributed by atoms with Gasteiger partial charge in [-0.3, -0.25) is 4.79 Å². The van der Waals surface area contributed by atoms with E-state index in [0.29, 0.717) is 13.1 Å². The number of thiophene rings is 1. The van der Waals surface area contributed by atoms with E-state index in [-0.39, 0.29) is 5.91 Å². The molecule has 4 heterocycles. The Hall–Kier alpha value is -3.21. The zero-order chi connectivity index (χ0) is 21.4. The van der Waals surface area contributed by atoms with Crippen molar-refractivity contribution in [3.63, 3.8) is 0 Å². The third kappa shape index (κ3) is 3.80. The van der Waals surface area contributed by atoms with Crippen LogP contribution in [-0.4, -0.2) is 52.4 Å². The molecule has 0 saturated heterocycles. The van der Waals surface area contributed by atoms with Crippen LogP contribution in [0.3, 0.4) is 0 Å². The fourth-order valence-electron chi connectivity index (χ4n) is 4.27. The number of likely N-dealkylation sites (N-methyl/N-ethyl adjacent to an activating group) is 1. The Morgan fingerprint density at radius 3 is 3.00 bits per heavy atom. The van der Waals surface area contributed by atoms with Gasteiger partial charge in [-0.15, -0.1) is 17.8 Å². The average molecular weight is 430 g/mol. The molecule has 1 aromatic carbocycles. The highest BCUT2D eigenvalue weighted by Gasteiger charge is 2.28. The molecule has 156 valence electrons. The van der Waals surface area contributed by atoms with Gasteiger partial charge >= 0.3 is 0 Å². The molecule has 0 radical (unpaired) electrons. The van der Waals surface area contributed by atoms with Crippen LogP contribution in [0, 0.1) is 12.3 Å². The molecule has 2 aliphatic heterocycles. The summed E-state index contributed by atoms with van der Waals surface area (Å²) in [7, 11) is 2.06. The third-order valence-electron chi connectivity index (χ3n) is 5.83. The molecule has 1 N–H and O–H groups in total. The maximum absolute atomic E-state index is 13.1. The number of carbonyl (C=O) groups is 1. The first-order valence-electron chi connectivity index (χ1n) is 10.4. The van der Waals surface area contributed by atoms with Crippen LogP contribution in [0.2, 0.25) is 0 Å². The first-order chi connectivity index (χ1) is 15.1. The van der Waals surface area contributed by atoms with Crippen LogP contribution in [0.15, 0.2) is 42.2 Å². The number of benzene rings is 1. The van der Waals surface area contributed by atoms with E-state index in [9.17, 15) is 4.79 Å². The molecular formula is C24H23N5OS. The monoisotopic (exact) mass is 429 g/mol. The van der Waals surface area contributed by atoms with Crippen molar-refractivity contribution < 1.29 is 4.79 Å². The van der Waals surface area contributed by atoms with Gasteiger partial charge in [0.1, 0.15) is 17.0 Å². The number of rotatable bonds is 3. The molecule has 7 heteroatoms. The number of hydrogen-bond acceptors (Lipinski definition) is 6. The van der Waals surface area contributed by atoms with Gasteiger partial charge in [0.25, 0.3) is 5.91 Å². The smallest absolute Gasteiger partial charge is 0.251 e. The fraction of sp³-hybridized carbons (Fsp3) is 0.292. The zero-order valence-electron chi connectivity index (χ0n) is 17.4. The maximum Gasteiger partial charge on any atom is 0.251 e. The van der Waals surface area contributed by atoms with E-state index in [0.717, 1.165) is 58.8 Å². The summed E-state index contributed by atoms with van der Waals surface area (Å²) in [4.78, 5) is 28.4. The number of hydrogen-bond donors (Lipinski definition) is 1. The lowest BCUT2D eigenvalue weighted by Crippen LogP contribution is -2.40. The summed E-state index contributed by atoms with van der Waals surface area (Å²) in [6.07, 6.45) is 11.0. The average Bonchev–Trinajstić information content (AvgIpc) is 3.17. The van der Waals surface area contributed by atoms with Crippen LogP contribution in [0.5, 0.6) is 0 Å². The van der Waals surface area contributed by atoms with Gasteiger partial charge in [-0.05, 0) is 43.7 Å². The normalized spacial score (nSPS) is 16.5. The molecule has 0 bridgehead atoms. The summed E-state index contributed by atoms with van der Waals surface area (Å²) >= 11 is 1.65. The van der Waals surface area contributed by atoms with Gasteiger partial charge in [0.05, 0.1) is 11.9 Å². The number of amides is 1. The second-order valence-electron chi connectivity index (χ2n) is 7.99. The summed E-state index contributed by atoms with van der Waals surface area (Å²) in [6, 6.07) is 7.74. The molecule has 6 nitrogen and oxygen atoms in total. The number of nitrogens with one attached hydrogen (secondary N) is 1. The van der Waals surface area contributed by atoms with Crippen LogP contribution in [-0.2, 0) is 17.8 Å². The lowest BCUT2D eigenvalue weighted by atomic mass is 10.0. The Labute approximate surface area is 185 Å². The maximum atomic E-state index is 13.1. The van der Waals surface area contributed by atoms with Gasteiger partial charge < -0.3 is 15.1 Å². The Balaban J connectivity index is 1.43. The van der Waals surface area contributed by atoms with Crippen LogP contribution in [0.25, 0.3) is 10.2 Å². The Morgan fingerprint density at radius 1 is 1.26 bits per heavy atom. The molecule has 5 rings (SSSR count). The quantitative estimate of drug-likeness (QED) is 0.645. The van der Waals surface area contributed by atoms with Gasteiger partial charge in [0.15, 0.2) is 0 Å². The van der Waals surface area contributed by atoms with Gasteiger partial charge in [0, 0.05) is 41.3 Å². The molecule has 0 aliphatic carbocycles. The van der Waals surface area contributed by atoms with Gasteiger partial charge in [-0.25, -0.2) is 9.97 Å². The first kappa shape index (κ1) is 19.7. The summed E-state index contributed by atoms with van der Waals surface area (Å²) in [5, 5.41) is 4.47.